The molecule has 8 nitrogen and oxygen atoms in total. The Kier molecular flexibility index (Phi) is 6.18. The number of anilines is 2. The van der Waals surface area contributed by atoms with Crippen LogP contribution in [0.4, 0.5) is 16.4 Å². The summed E-state index contributed by atoms with van der Waals surface area (Å²) < 4.78 is 5.86. The van der Waals surface area contributed by atoms with Crippen molar-refractivity contribution < 1.29 is 9.53 Å². The molecule has 0 saturated heterocycles. The number of thiazole rings is 1. The number of carbonyl (C=O) groups is 1. The number of carbonyl (C=O) groups excluding carboxylic acids is 1. The molecule has 0 fully saturated rings. The molecule has 0 aliphatic rings. The Morgan fingerprint density at radius 3 is 2.62 bits per heavy atom. The number of nitrogens with one attached hydrogen (secondary N) is 3. The number of aromatic amines is 1. The van der Waals surface area contributed by atoms with Gasteiger partial charge in [0.25, 0.3) is 0 Å². The van der Waals surface area contributed by atoms with Crippen LogP contribution in [-0.2, 0) is 12.0 Å². The van der Waals surface area contributed by atoms with Gasteiger partial charge in [-0.15, -0.1) is 11.3 Å². The molecule has 0 atom stereocenters. The summed E-state index contributed by atoms with van der Waals surface area (Å²) in [6.45, 7) is 6.82. The summed E-state index contributed by atoms with van der Waals surface area (Å²) in [6.07, 6.45) is 5.32. The van der Waals surface area contributed by atoms with Crippen LogP contribution in [-0.4, -0.2) is 26.0 Å². The van der Waals surface area contributed by atoms with Gasteiger partial charge in [0.2, 0.25) is 5.88 Å². The van der Waals surface area contributed by atoms with E-state index in [-0.39, 0.29) is 5.41 Å². The monoisotopic (exact) mass is 448 g/mol. The normalized spacial score (nSPS) is 11.2. The van der Waals surface area contributed by atoms with Crippen molar-refractivity contribution in [2.45, 2.75) is 32.8 Å². The zero-order valence-electron chi connectivity index (χ0n) is 18.0. The third kappa shape index (κ3) is 5.30. The summed E-state index contributed by atoms with van der Waals surface area (Å²) in [7, 11) is 0. The second kappa shape index (κ2) is 9.19. The molecular formula is C23H24N6O2S. The van der Waals surface area contributed by atoms with Crippen molar-refractivity contribution in [2.75, 3.05) is 10.6 Å². The smallest absolute Gasteiger partial charge is 0.326 e. The molecule has 4 heterocycles. The fraction of sp³-hybridized carbons (Fsp3) is 0.217. The zero-order valence-corrected chi connectivity index (χ0v) is 18.9. The second-order valence-electron chi connectivity index (χ2n) is 8.13. The van der Waals surface area contributed by atoms with Gasteiger partial charge in [0.05, 0.1) is 0 Å². The van der Waals surface area contributed by atoms with Gasteiger partial charge in [-0.05, 0) is 24.3 Å². The first-order chi connectivity index (χ1) is 15.4. The molecule has 2 amide bonds. The Hall–Kier alpha value is -3.72. The first-order valence-electron chi connectivity index (χ1n) is 10.1. The average Bonchev–Trinajstić information content (AvgIpc) is 3.42. The highest BCUT2D eigenvalue weighted by Gasteiger charge is 2.19. The third-order valence-electron chi connectivity index (χ3n) is 4.60. The maximum atomic E-state index is 12.4. The van der Waals surface area contributed by atoms with Gasteiger partial charge in [-0.2, -0.15) is 4.98 Å². The second-order valence-corrected chi connectivity index (χ2v) is 8.99. The molecule has 4 aromatic heterocycles. The average molecular weight is 449 g/mol. The van der Waals surface area contributed by atoms with Crippen LogP contribution in [0.25, 0.3) is 10.6 Å². The minimum atomic E-state index is -0.429. The summed E-state index contributed by atoms with van der Waals surface area (Å²) in [5.41, 5.74) is 3.14. The predicted octanol–water partition coefficient (Wildman–Crippen LogP) is 5.45. The summed E-state index contributed by atoms with van der Waals surface area (Å²) in [4.78, 5) is 28.5. The molecule has 0 saturated carbocycles. The molecule has 164 valence electrons. The van der Waals surface area contributed by atoms with E-state index >= 15 is 0 Å². The van der Waals surface area contributed by atoms with Crippen LogP contribution in [0.1, 0.15) is 32.0 Å². The summed E-state index contributed by atoms with van der Waals surface area (Å²) in [5, 5.41) is 8.03. The Morgan fingerprint density at radius 2 is 1.84 bits per heavy atom. The predicted molar refractivity (Wildman–Crippen MR) is 126 cm³/mol. The highest BCUT2D eigenvalue weighted by molar-refractivity contribution is 7.13. The van der Waals surface area contributed by atoms with Crippen molar-refractivity contribution >= 4 is 29.0 Å². The first-order valence-corrected chi connectivity index (χ1v) is 11.0. The number of H-pyrrole nitrogens is 1. The van der Waals surface area contributed by atoms with Gasteiger partial charge >= 0.3 is 6.03 Å². The molecule has 0 unspecified atom stereocenters. The summed E-state index contributed by atoms with van der Waals surface area (Å²) >= 11 is 1.44. The molecular weight excluding hydrogens is 424 g/mol. The third-order valence-corrected chi connectivity index (χ3v) is 5.49. The first kappa shape index (κ1) is 21.5. The fourth-order valence-corrected chi connectivity index (χ4v) is 3.92. The number of pyridine rings is 2. The van der Waals surface area contributed by atoms with E-state index in [9.17, 15) is 4.79 Å². The number of urea groups is 1. The molecule has 3 N–H and O–H groups in total. The SMILES string of the molecule is CC(C)(C)c1[nH]ccc1COc1cccc(NC(=O)Nc2csc(-c3ccncc3)n2)n1. The Morgan fingerprint density at radius 1 is 1.06 bits per heavy atom. The van der Waals surface area contributed by atoms with Crippen molar-refractivity contribution in [2.24, 2.45) is 0 Å². The van der Waals surface area contributed by atoms with E-state index in [0.717, 1.165) is 21.8 Å². The largest absolute Gasteiger partial charge is 0.473 e. The number of hydrogen-bond donors (Lipinski definition) is 3. The Bertz CT molecular complexity index is 1200. The van der Waals surface area contributed by atoms with Gasteiger partial charge in [0.15, 0.2) is 0 Å². The number of ether oxygens (including phenoxy) is 1. The standard InChI is InChI=1S/C23H24N6O2S/c1-23(2,3)20-16(9-12-25-20)13-31-19-6-4-5-17(26-19)28-22(30)29-18-14-32-21(27-18)15-7-10-24-11-8-15/h4-12,14,25H,13H2,1-3H3,(H2,26,28,29,30). The molecule has 0 aromatic carbocycles. The molecule has 0 aliphatic carbocycles. The summed E-state index contributed by atoms with van der Waals surface area (Å²) in [5.74, 6) is 1.28. The van der Waals surface area contributed by atoms with Crippen LogP contribution in [0, 0.1) is 0 Å². The van der Waals surface area contributed by atoms with Crippen LogP contribution < -0.4 is 15.4 Å². The van der Waals surface area contributed by atoms with Crippen LogP contribution >= 0.6 is 11.3 Å². The molecule has 4 aromatic rings. The van der Waals surface area contributed by atoms with Gasteiger partial charge in [0, 0.05) is 52.3 Å². The Balaban J connectivity index is 1.35. The number of rotatable bonds is 6. The van der Waals surface area contributed by atoms with Gasteiger partial charge in [-0.25, -0.2) is 9.78 Å². The molecule has 0 bridgehead atoms. The lowest BCUT2D eigenvalue weighted by molar-refractivity contribution is 0.262. The van der Waals surface area contributed by atoms with Crippen LogP contribution in [0.15, 0.2) is 60.4 Å². The lowest BCUT2D eigenvalue weighted by Crippen LogP contribution is -2.20. The van der Waals surface area contributed by atoms with Crippen molar-refractivity contribution in [3.8, 4) is 16.5 Å². The molecule has 9 heteroatoms. The van der Waals surface area contributed by atoms with Crippen molar-refractivity contribution in [3.05, 3.63) is 71.6 Å². The molecule has 0 radical (unpaired) electrons. The van der Waals surface area contributed by atoms with Crippen LogP contribution in [0.2, 0.25) is 0 Å². The maximum Gasteiger partial charge on any atom is 0.326 e. The minimum Gasteiger partial charge on any atom is -0.473 e. The van der Waals surface area contributed by atoms with Gasteiger partial charge in [0.1, 0.15) is 23.3 Å². The molecule has 32 heavy (non-hydrogen) atoms. The Labute approximate surface area is 190 Å². The fourth-order valence-electron chi connectivity index (χ4n) is 3.16. The molecule has 0 aliphatic heterocycles. The van der Waals surface area contributed by atoms with E-state index in [1.807, 2.05) is 24.4 Å². The number of aromatic nitrogens is 4. The van der Waals surface area contributed by atoms with Crippen molar-refractivity contribution in [3.63, 3.8) is 0 Å². The van der Waals surface area contributed by atoms with E-state index in [4.69, 9.17) is 4.74 Å². The minimum absolute atomic E-state index is 0.00985. The highest BCUT2D eigenvalue weighted by Crippen LogP contribution is 2.26. The van der Waals surface area contributed by atoms with E-state index in [1.54, 1.807) is 36.0 Å². The topological polar surface area (TPSA) is 105 Å². The van der Waals surface area contributed by atoms with Gasteiger partial charge in [-0.3, -0.25) is 15.6 Å². The van der Waals surface area contributed by atoms with E-state index in [1.165, 1.54) is 11.3 Å². The zero-order chi connectivity index (χ0) is 22.6. The van der Waals surface area contributed by atoms with Crippen molar-refractivity contribution in [1.82, 2.24) is 19.9 Å². The van der Waals surface area contributed by atoms with E-state index in [2.05, 4.69) is 51.3 Å². The number of nitrogens with zero attached hydrogens (tertiary/aromatic N) is 3. The highest BCUT2D eigenvalue weighted by atomic mass is 32.1. The van der Waals surface area contributed by atoms with Crippen LogP contribution in [0.5, 0.6) is 5.88 Å². The van der Waals surface area contributed by atoms with Gasteiger partial charge in [-0.1, -0.05) is 26.8 Å². The summed E-state index contributed by atoms with van der Waals surface area (Å²) in [6, 6.07) is 10.6. The van der Waals surface area contributed by atoms with Crippen LogP contribution in [0.3, 0.4) is 0 Å². The molecule has 0 spiro atoms. The van der Waals surface area contributed by atoms with E-state index < -0.39 is 6.03 Å². The molecule has 4 rings (SSSR count). The number of amides is 2. The maximum absolute atomic E-state index is 12.4. The lowest BCUT2D eigenvalue weighted by atomic mass is 9.90. The quantitative estimate of drug-likeness (QED) is 0.364. The van der Waals surface area contributed by atoms with Gasteiger partial charge < -0.3 is 9.72 Å². The van der Waals surface area contributed by atoms with Crippen molar-refractivity contribution in [1.29, 1.82) is 0 Å². The number of hydrogen-bond acceptors (Lipinski definition) is 6. The van der Waals surface area contributed by atoms with E-state index in [0.29, 0.717) is 24.1 Å². The lowest BCUT2D eigenvalue weighted by Gasteiger charge is -2.19.